The number of hydrogen-bond acceptors (Lipinski definition) is 6. The first kappa shape index (κ1) is 24.6. The van der Waals surface area contributed by atoms with Gasteiger partial charge in [-0.15, -0.1) is 0 Å². The predicted octanol–water partition coefficient (Wildman–Crippen LogP) is 2.76. The van der Waals surface area contributed by atoms with Gasteiger partial charge in [-0.2, -0.15) is 4.31 Å². The molecule has 1 N–H and O–H groups in total. The van der Waals surface area contributed by atoms with Crippen molar-refractivity contribution in [1.29, 1.82) is 0 Å². The molecule has 0 aliphatic carbocycles. The Morgan fingerprint density at radius 1 is 1.09 bits per heavy atom. The minimum absolute atomic E-state index is 0.0249. The van der Waals surface area contributed by atoms with Gasteiger partial charge in [0, 0.05) is 44.8 Å². The van der Waals surface area contributed by atoms with Gasteiger partial charge < -0.3 is 15.0 Å². The van der Waals surface area contributed by atoms with Gasteiger partial charge in [0.15, 0.2) is 0 Å². The van der Waals surface area contributed by atoms with Gasteiger partial charge in [0.25, 0.3) is 0 Å². The van der Waals surface area contributed by atoms with Crippen molar-refractivity contribution in [3.05, 3.63) is 53.7 Å². The molecule has 2 aliphatic heterocycles. The molecule has 0 radical (unpaired) electrons. The van der Waals surface area contributed by atoms with Gasteiger partial charge in [-0.05, 0) is 54.2 Å². The van der Waals surface area contributed by atoms with Crippen molar-refractivity contribution in [2.45, 2.75) is 44.0 Å². The Morgan fingerprint density at radius 3 is 2.41 bits per heavy atom. The largest absolute Gasteiger partial charge is 0.378 e. The average molecular weight is 487 g/mol. The third kappa shape index (κ3) is 5.76. The smallest absolute Gasteiger partial charge is 0.243 e. The zero-order chi connectivity index (χ0) is 24.1. The quantitative estimate of drug-likeness (QED) is 0.647. The molecule has 1 amide bonds. The molecule has 8 nitrogen and oxygen atoms in total. The van der Waals surface area contributed by atoms with Gasteiger partial charge in [0.1, 0.15) is 5.82 Å². The van der Waals surface area contributed by atoms with Crippen LogP contribution in [0.5, 0.6) is 0 Å². The molecule has 4 rings (SSSR count). The number of pyridine rings is 1. The highest BCUT2D eigenvalue weighted by molar-refractivity contribution is 7.89. The minimum atomic E-state index is -3.54. The molecule has 0 bridgehead atoms. The zero-order valence-corrected chi connectivity index (χ0v) is 20.8. The highest BCUT2D eigenvalue weighted by Crippen LogP contribution is 2.25. The molecule has 2 aromatic rings. The number of anilines is 1. The van der Waals surface area contributed by atoms with Gasteiger partial charge >= 0.3 is 0 Å². The summed E-state index contributed by atoms with van der Waals surface area (Å²) in [6, 6.07) is 11.0. The van der Waals surface area contributed by atoms with Crippen LogP contribution < -0.4 is 10.2 Å². The first-order valence-corrected chi connectivity index (χ1v) is 13.4. The summed E-state index contributed by atoms with van der Waals surface area (Å²) in [7, 11) is -3.54. The van der Waals surface area contributed by atoms with Crippen molar-refractivity contribution in [2.75, 3.05) is 44.3 Å². The lowest BCUT2D eigenvalue weighted by molar-refractivity contribution is -0.126. The Labute approximate surface area is 202 Å². The molecule has 2 aliphatic rings. The number of nitrogens with zero attached hydrogens (tertiary/aromatic N) is 3. The molecule has 0 saturated carbocycles. The van der Waals surface area contributed by atoms with Gasteiger partial charge in [-0.1, -0.05) is 26.0 Å². The van der Waals surface area contributed by atoms with Crippen molar-refractivity contribution < 1.29 is 17.9 Å². The number of carbonyl (C=O) groups excluding carboxylic acids is 1. The van der Waals surface area contributed by atoms with E-state index in [9.17, 15) is 13.2 Å². The van der Waals surface area contributed by atoms with Gasteiger partial charge in [0.2, 0.25) is 15.9 Å². The molecule has 1 aromatic heterocycles. The van der Waals surface area contributed by atoms with Crippen molar-refractivity contribution in [3.63, 3.8) is 0 Å². The lowest BCUT2D eigenvalue weighted by Crippen LogP contribution is -2.42. The normalized spacial score (nSPS) is 18.3. The molecular weight excluding hydrogens is 452 g/mol. The van der Waals surface area contributed by atoms with Crippen LogP contribution in [0.1, 0.15) is 43.7 Å². The lowest BCUT2D eigenvalue weighted by Gasteiger charge is -2.30. The number of benzene rings is 1. The maximum absolute atomic E-state index is 13.0. The van der Waals surface area contributed by atoms with Crippen molar-refractivity contribution in [3.8, 4) is 0 Å². The summed E-state index contributed by atoms with van der Waals surface area (Å²) < 4.78 is 32.9. The van der Waals surface area contributed by atoms with Crippen LogP contribution in [0.4, 0.5) is 5.82 Å². The third-order valence-electron chi connectivity index (χ3n) is 6.62. The summed E-state index contributed by atoms with van der Waals surface area (Å²) in [4.78, 5) is 19.7. The molecule has 0 atom stereocenters. The fraction of sp³-hybridized carbons (Fsp3) is 0.520. The van der Waals surface area contributed by atoms with E-state index in [1.165, 1.54) is 4.31 Å². The first-order chi connectivity index (χ1) is 16.3. The molecule has 2 fully saturated rings. The van der Waals surface area contributed by atoms with Crippen LogP contribution in [0.25, 0.3) is 0 Å². The van der Waals surface area contributed by atoms with Crippen LogP contribution in [0.15, 0.2) is 47.5 Å². The van der Waals surface area contributed by atoms with Gasteiger partial charge in [-0.25, -0.2) is 13.4 Å². The number of nitrogens with one attached hydrogen (secondary N) is 1. The standard InChI is InChI=1S/C25H34N4O4S/c1-19(2)21-3-5-23(6-4-21)34(31,32)29-11-8-22(9-12-29)25(30)27-18-20-7-10-26-24(17-20)28-13-15-33-16-14-28/h3-7,10,17,19,22H,8-9,11-16,18H2,1-2H3,(H,27,30). The number of carbonyl (C=O) groups is 1. The summed E-state index contributed by atoms with van der Waals surface area (Å²) in [6.45, 7) is 8.30. The van der Waals surface area contributed by atoms with Crippen LogP contribution in [0.3, 0.4) is 0 Å². The number of amides is 1. The predicted molar refractivity (Wildman–Crippen MR) is 131 cm³/mol. The first-order valence-electron chi connectivity index (χ1n) is 12.0. The fourth-order valence-electron chi connectivity index (χ4n) is 4.40. The Hall–Kier alpha value is -2.49. The summed E-state index contributed by atoms with van der Waals surface area (Å²) in [5.74, 6) is 1.04. The van der Waals surface area contributed by atoms with Crippen molar-refractivity contribution in [1.82, 2.24) is 14.6 Å². The number of rotatable bonds is 7. The summed E-state index contributed by atoms with van der Waals surface area (Å²) in [5.41, 5.74) is 2.11. The maximum Gasteiger partial charge on any atom is 0.243 e. The van der Waals surface area contributed by atoms with E-state index in [1.54, 1.807) is 18.3 Å². The van der Waals surface area contributed by atoms with E-state index >= 15 is 0 Å². The van der Waals surface area contributed by atoms with E-state index < -0.39 is 10.0 Å². The van der Waals surface area contributed by atoms with E-state index in [4.69, 9.17) is 4.74 Å². The van der Waals surface area contributed by atoms with E-state index in [1.807, 2.05) is 24.3 Å². The van der Waals surface area contributed by atoms with Crippen molar-refractivity contribution >= 4 is 21.7 Å². The highest BCUT2D eigenvalue weighted by atomic mass is 32.2. The Kier molecular flexibility index (Phi) is 7.85. The van der Waals surface area contributed by atoms with Crippen LogP contribution in [-0.4, -0.2) is 63.0 Å². The van der Waals surface area contributed by atoms with E-state index in [-0.39, 0.29) is 11.8 Å². The van der Waals surface area contributed by atoms with Crippen LogP contribution in [0.2, 0.25) is 0 Å². The monoisotopic (exact) mass is 486 g/mol. The second-order valence-electron chi connectivity index (χ2n) is 9.24. The van der Waals surface area contributed by atoms with Crippen LogP contribution >= 0.6 is 0 Å². The minimum Gasteiger partial charge on any atom is -0.378 e. The van der Waals surface area contributed by atoms with Crippen LogP contribution in [-0.2, 0) is 26.1 Å². The summed E-state index contributed by atoms with van der Waals surface area (Å²) in [6.07, 6.45) is 2.80. The number of piperidine rings is 1. The highest BCUT2D eigenvalue weighted by Gasteiger charge is 2.32. The molecule has 0 unspecified atom stereocenters. The molecule has 1 aromatic carbocycles. The number of sulfonamides is 1. The molecule has 9 heteroatoms. The number of morpholine rings is 1. The van der Waals surface area contributed by atoms with E-state index in [0.29, 0.717) is 56.5 Å². The molecule has 34 heavy (non-hydrogen) atoms. The summed E-state index contributed by atoms with van der Waals surface area (Å²) >= 11 is 0. The average Bonchev–Trinajstić information content (AvgIpc) is 2.88. The molecule has 3 heterocycles. The molecule has 2 saturated heterocycles. The fourth-order valence-corrected chi connectivity index (χ4v) is 5.87. The number of aromatic nitrogens is 1. The van der Waals surface area contributed by atoms with Crippen LogP contribution in [0, 0.1) is 5.92 Å². The Bertz CT molecular complexity index is 1070. The second kappa shape index (κ2) is 10.8. The number of ether oxygens (including phenoxy) is 1. The topological polar surface area (TPSA) is 91.8 Å². The maximum atomic E-state index is 13.0. The SMILES string of the molecule is CC(C)c1ccc(S(=O)(=O)N2CCC(C(=O)NCc3ccnc(N4CCOCC4)c3)CC2)cc1. The lowest BCUT2D eigenvalue weighted by atomic mass is 9.97. The third-order valence-corrected chi connectivity index (χ3v) is 8.53. The van der Waals surface area contributed by atoms with Gasteiger partial charge in [-0.3, -0.25) is 4.79 Å². The second-order valence-corrected chi connectivity index (χ2v) is 11.2. The molecule has 184 valence electrons. The summed E-state index contributed by atoms with van der Waals surface area (Å²) in [5, 5.41) is 3.02. The Morgan fingerprint density at radius 2 is 1.76 bits per heavy atom. The molecular formula is C25H34N4O4S. The van der Waals surface area contributed by atoms with E-state index in [2.05, 4.69) is 29.0 Å². The molecule has 0 spiro atoms. The zero-order valence-electron chi connectivity index (χ0n) is 19.9. The van der Waals surface area contributed by atoms with Crippen molar-refractivity contribution in [2.24, 2.45) is 5.92 Å². The van der Waals surface area contributed by atoms with Gasteiger partial charge in [0.05, 0.1) is 18.1 Å². The van der Waals surface area contributed by atoms with E-state index in [0.717, 1.165) is 30.0 Å². The Balaban J connectivity index is 1.29. The number of hydrogen-bond donors (Lipinski definition) is 1.